The molecule has 3 atom stereocenters. The van der Waals surface area contributed by atoms with Gasteiger partial charge in [-0.1, -0.05) is 0 Å². The zero-order valence-electron chi connectivity index (χ0n) is 9.53. The van der Waals surface area contributed by atoms with Gasteiger partial charge < -0.3 is 20.7 Å². The minimum Gasteiger partial charge on any atom is -0.394 e. The van der Waals surface area contributed by atoms with Crippen LogP contribution in [-0.2, 0) is 4.74 Å². The van der Waals surface area contributed by atoms with Gasteiger partial charge in [-0.15, -0.1) is 0 Å². The van der Waals surface area contributed by atoms with Gasteiger partial charge >= 0.3 is 5.69 Å². The molecule has 9 heteroatoms. The fraction of sp³-hybridized carbons (Fsp3) is 0.400. The molecular weight excluding hydrogens is 372 g/mol. The number of nitrogens with zero attached hydrogens (tertiary/aromatic N) is 2. The van der Waals surface area contributed by atoms with E-state index < -0.39 is 30.7 Å². The summed E-state index contributed by atoms with van der Waals surface area (Å²) in [5, 5.41) is 18.8. The standard InChI is InChI=1S/C10H11FIN3O4/c11-1-4-7(17)6(3-16)19-9(4)15-2-5(12)8(13)14-10(15)18/h1-2,6-7,9,16-17H,3H2,(H2,13,14,18). The molecule has 0 aliphatic carbocycles. The molecule has 3 unspecified atom stereocenters. The van der Waals surface area contributed by atoms with Gasteiger partial charge in [-0.25, -0.2) is 9.18 Å². The summed E-state index contributed by atoms with van der Waals surface area (Å²) in [7, 11) is 0. The Morgan fingerprint density at radius 2 is 2.37 bits per heavy atom. The first-order valence-electron chi connectivity index (χ1n) is 5.28. The van der Waals surface area contributed by atoms with Crippen molar-refractivity contribution in [3.63, 3.8) is 0 Å². The summed E-state index contributed by atoms with van der Waals surface area (Å²) in [6, 6.07) is 0. The van der Waals surface area contributed by atoms with Crippen LogP contribution in [-0.4, -0.2) is 38.6 Å². The lowest BCUT2D eigenvalue weighted by molar-refractivity contribution is -0.0448. The van der Waals surface area contributed by atoms with Crippen LogP contribution in [0, 0.1) is 3.57 Å². The van der Waals surface area contributed by atoms with Crippen molar-refractivity contribution in [3.05, 3.63) is 32.2 Å². The van der Waals surface area contributed by atoms with E-state index in [-0.39, 0.29) is 17.7 Å². The molecule has 0 amide bonds. The molecule has 1 fully saturated rings. The van der Waals surface area contributed by atoms with Crippen molar-refractivity contribution in [2.75, 3.05) is 12.3 Å². The van der Waals surface area contributed by atoms with E-state index in [1.807, 2.05) is 22.6 Å². The molecule has 1 aromatic rings. The van der Waals surface area contributed by atoms with Gasteiger partial charge in [0.05, 0.1) is 16.5 Å². The highest BCUT2D eigenvalue weighted by Gasteiger charge is 2.40. The normalized spacial score (nSPS) is 29.1. The minimum absolute atomic E-state index is 0.0601. The number of ether oxygens (including phenoxy) is 1. The maximum absolute atomic E-state index is 12.9. The van der Waals surface area contributed by atoms with E-state index in [2.05, 4.69) is 4.98 Å². The number of nitrogen functional groups attached to an aromatic ring is 1. The Kier molecular flexibility index (Phi) is 4.18. The predicted octanol–water partition coefficient (Wildman–Crippen LogP) is -0.466. The molecular formula is C10H11FIN3O4. The van der Waals surface area contributed by atoms with E-state index in [0.717, 1.165) is 4.57 Å². The second kappa shape index (κ2) is 5.53. The van der Waals surface area contributed by atoms with Crippen LogP contribution in [0.25, 0.3) is 0 Å². The number of rotatable bonds is 2. The zero-order chi connectivity index (χ0) is 14.2. The largest absolute Gasteiger partial charge is 0.394 e. The van der Waals surface area contributed by atoms with Crippen LogP contribution in [0.5, 0.6) is 0 Å². The fourth-order valence-corrected chi connectivity index (χ4v) is 2.21. The molecule has 1 aromatic heterocycles. The van der Waals surface area contributed by atoms with E-state index in [1.54, 1.807) is 0 Å². The Morgan fingerprint density at radius 3 is 2.95 bits per heavy atom. The topological polar surface area (TPSA) is 111 Å². The smallest absolute Gasteiger partial charge is 0.351 e. The number of hydrogen-bond acceptors (Lipinski definition) is 6. The minimum atomic E-state index is -1.32. The zero-order valence-corrected chi connectivity index (χ0v) is 11.7. The first kappa shape index (κ1) is 14.4. The van der Waals surface area contributed by atoms with Crippen LogP contribution in [0.1, 0.15) is 6.23 Å². The first-order valence-corrected chi connectivity index (χ1v) is 6.36. The first-order chi connectivity index (χ1) is 8.99. The molecule has 1 aliphatic rings. The maximum Gasteiger partial charge on any atom is 0.351 e. The molecule has 104 valence electrons. The highest BCUT2D eigenvalue weighted by Crippen LogP contribution is 2.33. The number of halogens is 2. The second-order valence-corrected chi connectivity index (χ2v) is 5.09. The SMILES string of the molecule is Nc1nc(=O)n(C2OC(CO)C(O)C2=CF)cc1I. The molecule has 0 bridgehead atoms. The number of aromatic nitrogens is 2. The Hall–Kier alpha value is -1.04. The molecule has 0 aromatic carbocycles. The quantitative estimate of drug-likeness (QED) is 0.596. The highest BCUT2D eigenvalue weighted by molar-refractivity contribution is 14.1. The van der Waals surface area contributed by atoms with Crippen molar-refractivity contribution >= 4 is 28.4 Å². The third kappa shape index (κ3) is 2.50. The Morgan fingerprint density at radius 1 is 1.68 bits per heavy atom. The van der Waals surface area contributed by atoms with Crippen LogP contribution in [0.4, 0.5) is 10.2 Å². The number of aliphatic hydroxyl groups excluding tert-OH is 2. The number of hydrogen-bond donors (Lipinski definition) is 3. The van der Waals surface area contributed by atoms with Crippen molar-refractivity contribution in [1.29, 1.82) is 0 Å². The second-order valence-electron chi connectivity index (χ2n) is 3.93. The summed E-state index contributed by atoms with van der Waals surface area (Å²) in [5.74, 6) is 0.0601. The van der Waals surface area contributed by atoms with E-state index in [4.69, 9.17) is 15.6 Å². The van der Waals surface area contributed by atoms with Gasteiger partial charge in [0.1, 0.15) is 18.0 Å². The van der Waals surface area contributed by atoms with Crippen molar-refractivity contribution in [3.8, 4) is 0 Å². The number of anilines is 1. The molecule has 2 rings (SSSR count). The molecule has 1 saturated heterocycles. The summed E-state index contributed by atoms with van der Waals surface area (Å²) < 4.78 is 19.6. The third-order valence-electron chi connectivity index (χ3n) is 2.78. The van der Waals surface area contributed by atoms with Crippen LogP contribution in [0.15, 0.2) is 22.9 Å². The molecule has 0 saturated carbocycles. The fourth-order valence-electron chi connectivity index (χ4n) is 1.79. The Bertz CT molecular complexity index is 576. The lowest BCUT2D eigenvalue weighted by Gasteiger charge is -2.15. The van der Waals surface area contributed by atoms with Gasteiger partial charge in [0.25, 0.3) is 0 Å². The van der Waals surface area contributed by atoms with Gasteiger partial charge in [0, 0.05) is 11.8 Å². The lowest BCUT2D eigenvalue weighted by atomic mass is 10.1. The summed E-state index contributed by atoms with van der Waals surface area (Å²) in [6.07, 6.45) is -1.94. The molecule has 7 nitrogen and oxygen atoms in total. The van der Waals surface area contributed by atoms with Gasteiger partial charge in [-0.3, -0.25) is 4.57 Å². The van der Waals surface area contributed by atoms with Gasteiger partial charge in [-0.05, 0) is 22.6 Å². The van der Waals surface area contributed by atoms with Crippen molar-refractivity contribution in [1.82, 2.24) is 9.55 Å². The van der Waals surface area contributed by atoms with E-state index in [0.29, 0.717) is 3.57 Å². The molecule has 19 heavy (non-hydrogen) atoms. The molecule has 0 radical (unpaired) electrons. The summed E-state index contributed by atoms with van der Waals surface area (Å²) in [5.41, 5.74) is 4.61. The lowest BCUT2D eigenvalue weighted by Crippen LogP contribution is -2.29. The van der Waals surface area contributed by atoms with Crippen LogP contribution in [0.3, 0.4) is 0 Å². The van der Waals surface area contributed by atoms with Crippen molar-refractivity contribution < 1.29 is 19.3 Å². The number of aliphatic hydroxyl groups is 2. The molecule has 1 aliphatic heterocycles. The number of nitrogens with two attached hydrogens (primary N) is 1. The van der Waals surface area contributed by atoms with Gasteiger partial charge in [-0.2, -0.15) is 4.98 Å². The summed E-state index contributed by atoms with van der Waals surface area (Å²) in [4.78, 5) is 15.3. The molecule has 0 spiro atoms. The van der Waals surface area contributed by atoms with E-state index in [9.17, 15) is 14.3 Å². The average Bonchev–Trinajstić information content (AvgIpc) is 2.70. The Balaban J connectivity index is 2.47. The van der Waals surface area contributed by atoms with Crippen LogP contribution in [0.2, 0.25) is 0 Å². The van der Waals surface area contributed by atoms with Crippen LogP contribution < -0.4 is 11.4 Å². The predicted molar refractivity (Wildman–Crippen MR) is 71.8 cm³/mol. The van der Waals surface area contributed by atoms with Gasteiger partial charge in [0.2, 0.25) is 0 Å². The average molecular weight is 383 g/mol. The highest BCUT2D eigenvalue weighted by atomic mass is 127. The molecule has 2 heterocycles. The van der Waals surface area contributed by atoms with E-state index >= 15 is 0 Å². The maximum atomic E-state index is 12.9. The monoisotopic (exact) mass is 383 g/mol. The van der Waals surface area contributed by atoms with Gasteiger partial charge in [0.15, 0.2) is 6.23 Å². The molecule has 4 N–H and O–H groups in total. The van der Waals surface area contributed by atoms with Crippen molar-refractivity contribution in [2.24, 2.45) is 0 Å². The summed E-state index contributed by atoms with van der Waals surface area (Å²) >= 11 is 1.86. The van der Waals surface area contributed by atoms with E-state index in [1.165, 1.54) is 6.20 Å². The summed E-state index contributed by atoms with van der Waals surface area (Å²) in [6.45, 7) is -0.497. The Labute approximate surface area is 120 Å². The third-order valence-corrected chi connectivity index (χ3v) is 3.61. The van der Waals surface area contributed by atoms with Crippen molar-refractivity contribution in [2.45, 2.75) is 18.4 Å². The van der Waals surface area contributed by atoms with Crippen LogP contribution >= 0.6 is 22.6 Å².